The first-order valence-electron chi connectivity index (χ1n) is 8.11. The van der Waals surface area contributed by atoms with E-state index in [4.69, 9.17) is 11.6 Å². The van der Waals surface area contributed by atoms with E-state index in [0.717, 1.165) is 48.6 Å². The summed E-state index contributed by atoms with van der Waals surface area (Å²) in [5.41, 5.74) is 4.47. The van der Waals surface area contributed by atoms with Crippen molar-refractivity contribution in [3.63, 3.8) is 0 Å². The molecule has 0 radical (unpaired) electrons. The molecule has 1 saturated heterocycles. The summed E-state index contributed by atoms with van der Waals surface area (Å²) < 4.78 is 0. The lowest BCUT2D eigenvalue weighted by atomic mass is 10.0. The molecule has 118 valence electrons. The van der Waals surface area contributed by atoms with E-state index in [1.807, 2.05) is 35.2 Å². The van der Waals surface area contributed by atoms with Gasteiger partial charge in [0.05, 0.1) is 6.04 Å². The highest BCUT2D eigenvalue weighted by Gasteiger charge is 2.31. The molecule has 2 aromatic carbocycles. The van der Waals surface area contributed by atoms with Gasteiger partial charge in [0, 0.05) is 30.2 Å². The maximum atomic E-state index is 13.0. The van der Waals surface area contributed by atoms with Crippen LogP contribution in [0.25, 0.3) is 0 Å². The summed E-state index contributed by atoms with van der Waals surface area (Å²) in [5.74, 6) is 0.127. The Morgan fingerprint density at radius 2 is 2.00 bits per heavy atom. The molecule has 2 aliphatic rings. The number of halogens is 1. The summed E-state index contributed by atoms with van der Waals surface area (Å²) in [5, 5.41) is 4.05. The van der Waals surface area contributed by atoms with Crippen molar-refractivity contribution in [3.05, 3.63) is 69.7 Å². The molecular formula is C19H19ClN2O. The van der Waals surface area contributed by atoms with Crippen LogP contribution in [0.3, 0.4) is 0 Å². The number of nitrogens with zero attached hydrogens (tertiary/aromatic N) is 1. The van der Waals surface area contributed by atoms with Gasteiger partial charge in [-0.05, 0) is 53.8 Å². The number of hydrogen-bond acceptors (Lipinski definition) is 2. The van der Waals surface area contributed by atoms with Gasteiger partial charge in [-0.1, -0.05) is 29.8 Å². The molecule has 3 nitrogen and oxygen atoms in total. The van der Waals surface area contributed by atoms with Crippen LogP contribution in [0.1, 0.15) is 45.9 Å². The molecule has 4 rings (SSSR count). The second-order valence-corrected chi connectivity index (χ2v) is 6.74. The summed E-state index contributed by atoms with van der Waals surface area (Å²) in [6.45, 7) is 2.57. The summed E-state index contributed by atoms with van der Waals surface area (Å²) in [6.07, 6.45) is 2.04. The van der Waals surface area contributed by atoms with Crippen molar-refractivity contribution >= 4 is 17.5 Å². The van der Waals surface area contributed by atoms with E-state index >= 15 is 0 Å². The quantitative estimate of drug-likeness (QED) is 0.907. The maximum Gasteiger partial charge on any atom is 0.254 e. The monoisotopic (exact) mass is 326 g/mol. The van der Waals surface area contributed by atoms with Crippen molar-refractivity contribution in [1.29, 1.82) is 0 Å². The second kappa shape index (κ2) is 5.99. The summed E-state index contributed by atoms with van der Waals surface area (Å²) in [6, 6.07) is 14.1. The number of likely N-dealkylation sites (tertiary alicyclic amines) is 1. The molecule has 0 spiro atoms. The Balaban J connectivity index is 1.62. The minimum absolute atomic E-state index is 0.127. The zero-order valence-corrected chi connectivity index (χ0v) is 13.6. The average Bonchev–Trinajstić information content (AvgIpc) is 3.22. The van der Waals surface area contributed by atoms with Gasteiger partial charge in [0.1, 0.15) is 0 Å². The number of hydrogen-bond donors (Lipinski definition) is 1. The van der Waals surface area contributed by atoms with Crippen molar-refractivity contribution in [1.82, 2.24) is 10.2 Å². The van der Waals surface area contributed by atoms with Crippen molar-refractivity contribution in [2.24, 2.45) is 0 Å². The van der Waals surface area contributed by atoms with Gasteiger partial charge in [0.2, 0.25) is 0 Å². The topological polar surface area (TPSA) is 32.3 Å². The molecule has 1 amide bonds. The highest BCUT2D eigenvalue weighted by atomic mass is 35.5. The third-order valence-corrected chi connectivity index (χ3v) is 5.07. The highest BCUT2D eigenvalue weighted by molar-refractivity contribution is 6.30. The Bertz CT molecular complexity index is 759. The minimum Gasteiger partial charge on any atom is -0.332 e. The van der Waals surface area contributed by atoms with Gasteiger partial charge in [-0.2, -0.15) is 0 Å². The van der Waals surface area contributed by atoms with Crippen LogP contribution in [0.2, 0.25) is 5.02 Å². The van der Waals surface area contributed by atoms with Crippen molar-refractivity contribution < 1.29 is 4.79 Å². The van der Waals surface area contributed by atoms with Gasteiger partial charge in [0.25, 0.3) is 5.91 Å². The molecule has 23 heavy (non-hydrogen) atoms. The molecule has 2 aliphatic heterocycles. The lowest BCUT2D eigenvalue weighted by Crippen LogP contribution is -2.30. The minimum atomic E-state index is 0.127. The SMILES string of the molecule is O=C(c1ccc2c(c1)CNC2)N1CCCC1c1cccc(Cl)c1. The number of benzene rings is 2. The van der Waals surface area contributed by atoms with E-state index in [-0.39, 0.29) is 11.9 Å². The number of nitrogens with one attached hydrogen (secondary N) is 1. The molecular weight excluding hydrogens is 308 g/mol. The van der Waals surface area contributed by atoms with Crippen LogP contribution in [-0.4, -0.2) is 17.4 Å². The summed E-state index contributed by atoms with van der Waals surface area (Å²) >= 11 is 6.12. The predicted molar refractivity (Wildman–Crippen MR) is 91.4 cm³/mol. The largest absolute Gasteiger partial charge is 0.332 e. The predicted octanol–water partition coefficient (Wildman–Crippen LogP) is 3.92. The lowest BCUT2D eigenvalue weighted by Gasteiger charge is -2.25. The van der Waals surface area contributed by atoms with Gasteiger partial charge in [-0.15, -0.1) is 0 Å². The van der Waals surface area contributed by atoms with Gasteiger partial charge < -0.3 is 10.2 Å². The van der Waals surface area contributed by atoms with Gasteiger partial charge >= 0.3 is 0 Å². The zero-order chi connectivity index (χ0) is 15.8. The molecule has 1 N–H and O–H groups in total. The fraction of sp³-hybridized carbons (Fsp3) is 0.316. The van der Waals surface area contributed by atoms with Crippen molar-refractivity contribution in [2.45, 2.75) is 32.0 Å². The molecule has 4 heteroatoms. The standard InChI is InChI=1S/C19H19ClN2O/c20-17-4-1-3-13(10-17)18-5-2-8-22(18)19(23)14-6-7-15-11-21-12-16(15)9-14/h1,3-4,6-7,9-10,18,21H,2,5,8,11-12H2. The van der Waals surface area contributed by atoms with Crippen LogP contribution in [-0.2, 0) is 13.1 Å². The Kier molecular flexibility index (Phi) is 3.83. The maximum absolute atomic E-state index is 13.0. The van der Waals surface area contributed by atoms with E-state index in [2.05, 4.69) is 17.4 Å². The number of amides is 1. The number of rotatable bonds is 2. The van der Waals surface area contributed by atoms with E-state index in [1.165, 1.54) is 11.1 Å². The second-order valence-electron chi connectivity index (χ2n) is 6.30. The van der Waals surface area contributed by atoms with Crippen LogP contribution < -0.4 is 5.32 Å². The van der Waals surface area contributed by atoms with E-state index < -0.39 is 0 Å². The van der Waals surface area contributed by atoms with Crippen LogP contribution in [0.5, 0.6) is 0 Å². The Morgan fingerprint density at radius 3 is 2.87 bits per heavy atom. The molecule has 0 aliphatic carbocycles. The van der Waals surface area contributed by atoms with Crippen LogP contribution in [0, 0.1) is 0 Å². The molecule has 2 aromatic rings. The fourth-order valence-electron chi connectivity index (χ4n) is 3.66. The molecule has 0 saturated carbocycles. The van der Waals surface area contributed by atoms with E-state index in [9.17, 15) is 4.79 Å². The number of fused-ring (bicyclic) bond motifs is 1. The third-order valence-electron chi connectivity index (χ3n) is 4.83. The molecule has 1 unspecified atom stereocenters. The first-order valence-corrected chi connectivity index (χ1v) is 8.49. The Hall–Kier alpha value is -1.84. The highest BCUT2D eigenvalue weighted by Crippen LogP contribution is 2.34. The van der Waals surface area contributed by atoms with Crippen LogP contribution in [0.15, 0.2) is 42.5 Å². The third kappa shape index (κ3) is 2.75. The summed E-state index contributed by atoms with van der Waals surface area (Å²) in [4.78, 5) is 15.0. The molecule has 2 heterocycles. The van der Waals surface area contributed by atoms with Gasteiger partial charge in [-0.3, -0.25) is 4.79 Å². The average molecular weight is 327 g/mol. The molecule has 0 bridgehead atoms. The normalized spacial score (nSPS) is 19.9. The van der Waals surface area contributed by atoms with Crippen LogP contribution >= 0.6 is 11.6 Å². The molecule has 1 atom stereocenters. The smallest absolute Gasteiger partial charge is 0.254 e. The van der Waals surface area contributed by atoms with Crippen molar-refractivity contribution in [2.75, 3.05) is 6.54 Å². The fourth-order valence-corrected chi connectivity index (χ4v) is 3.86. The first kappa shape index (κ1) is 14.7. The van der Waals surface area contributed by atoms with Crippen LogP contribution in [0.4, 0.5) is 0 Å². The van der Waals surface area contributed by atoms with Gasteiger partial charge in [-0.25, -0.2) is 0 Å². The van der Waals surface area contributed by atoms with E-state index in [0.29, 0.717) is 0 Å². The zero-order valence-electron chi connectivity index (χ0n) is 12.9. The Morgan fingerprint density at radius 1 is 1.13 bits per heavy atom. The first-order chi connectivity index (χ1) is 11.2. The summed E-state index contributed by atoms with van der Waals surface area (Å²) in [7, 11) is 0. The Labute approximate surface area is 141 Å². The van der Waals surface area contributed by atoms with Gasteiger partial charge in [0.15, 0.2) is 0 Å². The van der Waals surface area contributed by atoms with E-state index in [1.54, 1.807) is 0 Å². The lowest BCUT2D eigenvalue weighted by molar-refractivity contribution is 0.0735. The molecule has 1 fully saturated rings. The molecule has 0 aromatic heterocycles. The number of carbonyl (C=O) groups is 1. The number of carbonyl (C=O) groups excluding carboxylic acids is 1. The van der Waals surface area contributed by atoms with Crippen molar-refractivity contribution in [3.8, 4) is 0 Å².